The van der Waals surface area contributed by atoms with E-state index in [1.165, 1.54) is 17.3 Å². The van der Waals surface area contributed by atoms with Crippen LogP contribution in [0.2, 0.25) is 0 Å². The van der Waals surface area contributed by atoms with E-state index in [-0.39, 0.29) is 5.91 Å². The van der Waals surface area contributed by atoms with Gasteiger partial charge in [0, 0.05) is 18.7 Å². The normalized spacial score (nSPS) is 15.3. The van der Waals surface area contributed by atoms with Crippen molar-refractivity contribution in [1.29, 1.82) is 0 Å². The van der Waals surface area contributed by atoms with Crippen LogP contribution >= 0.6 is 23.1 Å². The van der Waals surface area contributed by atoms with Crippen LogP contribution in [0.5, 0.6) is 0 Å². The van der Waals surface area contributed by atoms with Gasteiger partial charge in [0.15, 0.2) is 0 Å². The number of thioether (sulfide) groups is 1. The lowest BCUT2D eigenvalue weighted by molar-refractivity contribution is -0.129. The SMILES string of the molecule is Cc1ccc(-c2nnc(SCC(=O)N3CCC(C)CC3)c3nc(C)sc23)cc1. The molecule has 1 saturated heterocycles. The number of hydrogen-bond acceptors (Lipinski definition) is 6. The Kier molecular flexibility index (Phi) is 5.64. The minimum Gasteiger partial charge on any atom is -0.342 e. The molecular formula is C21H24N4OS2. The van der Waals surface area contributed by atoms with E-state index in [0.29, 0.717) is 5.75 Å². The average molecular weight is 413 g/mol. The molecule has 1 amide bonds. The molecule has 3 aromatic rings. The molecule has 0 aliphatic carbocycles. The van der Waals surface area contributed by atoms with Gasteiger partial charge < -0.3 is 4.90 Å². The Balaban J connectivity index is 1.56. The predicted octanol–water partition coefficient (Wildman–Crippen LogP) is 4.72. The van der Waals surface area contributed by atoms with E-state index in [4.69, 9.17) is 0 Å². The quantitative estimate of drug-likeness (QED) is 0.580. The summed E-state index contributed by atoms with van der Waals surface area (Å²) in [6.07, 6.45) is 2.19. The van der Waals surface area contributed by atoms with Crippen molar-refractivity contribution < 1.29 is 4.79 Å². The van der Waals surface area contributed by atoms with Gasteiger partial charge in [-0.15, -0.1) is 21.5 Å². The maximum Gasteiger partial charge on any atom is 0.232 e. The largest absolute Gasteiger partial charge is 0.342 e. The van der Waals surface area contributed by atoms with Crippen LogP contribution in [0.3, 0.4) is 0 Å². The third-order valence-electron chi connectivity index (χ3n) is 5.19. The molecule has 3 heterocycles. The third-order valence-corrected chi connectivity index (χ3v) is 7.10. The number of amides is 1. The molecular weight excluding hydrogens is 388 g/mol. The molecule has 5 nitrogen and oxygen atoms in total. The number of fused-ring (bicyclic) bond motifs is 1. The molecule has 4 rings (SSSR count). The lowest BCUT2D eigenvalue weighted by atomic mass is 9.99. The van der Waals surface area contributed by atoms with Crippen LogP contribution in [0, 0.1) is 19.8 Å². The van der Waals surface area contributed by atoms with E-state index in [1.807, 2.05) is 11.8 Å². The molecule has 1 aliphatic rings. The molecule has 146 valence electrons. The fourth-order valence-electron chi connectivity index (χ4n) is 3.40. The van der Waals surface area contributed by atoms with E-state index in [2.05, 4.69) is 53.3 Å². The second kappa shape index (κ2) is 8.17. The van der Waals surface area contributed by atoms with E-state index >= 15 is 0 Å². The lowest BCUT2D eigenvalue weighted by Gasteiger charge is -2.30. The fourth-order valence-corrected chi connectivity index (χ4v) is 5.21. The molecule has 1 fully saturated rings. The summed E-state index contributed by atoms with van der Waals surface area (Å²) in [6.45, 7) is 8.05. The van der Waals surface area contributed by atoms with Crippen LogP contribution < -0.4 is 0 Å². The molecule has 7 heteroatoms. The van der Waals surface area contributed by atoms with Crippen LogP contribution in [-0.2, 0) is 4.79 Å². The minimum absolute atomic E-state index is 0.182. The number of benzene rings is 1. The molecule has 0 N–H and O–H groups in total. The first-order chi connectivity index (χ1) is 13.5. The monoisotopic (exact) mass is 412 g/mol. The van der Waals surface area contributed by atoms with Gasteiger partial charge in [0.2, 0.25) is 5.91 Å². The average Bonchev–Trinajstić information content (AvgIpc) is 3.09. The number of thiazole rings is 1. The molecule has 0 saturated carbocycles. The fraction of sp³-hybridized carbons (Fsp3) is 0.429. The lowest BCUT2D eigenvalue weighted by Crippen LogP contribution is -2.38. The first kappa shape index (κ1) is 19.3. The third kappa shape index (κ3) is 4.05. The van der Waals surface area contributed by atoms with Crippen LogP contribution in [0.15, 0.2) is 29.3 Å². The highest BCUT2D eigenvalue weighted by Crippen LogP contribution is 2.35. The topological polar surface area (TPSA) is 59.0 Å². The molecule has 0 radical (unpaired) electrons. The van der Waals surface area contributed by atoms with Gasteiger partial charge in [-0.05, 0) is 32.6 Å². The zero-order valence-electron chi connectivity index (χ0n) is 16.4. The standard InChI is InChI=1S/C21H24N4OS2/c1-13-4-6-16(7-5-13)18-20-19(22-15(3)28-20)21(24-23-18)27-12-17(26)25-10-8-14(2)9-11-25/h4-7,14H,8-12H2,1-3H3. The Morgan fingerprint density at radius 1 is 1.18 bits per heavy atom. The van der Waals surface area contributed by atoms with Crippen molar-refractivity contribution in [3.8, 4) is 11.3 Å². The summed E-state index contributed by atoms with van der Waals surface area (Å²) in [4.78, 5) is 19.2. The van der Waals surface area contributed by atoms with Crippen LogP contribution in [0.1, 0.15) is 30.3 Å². The molecule has 0 atom stereocenters. The summed E-state index contributed by atoms with van der Waals surface area (Å²) in [7, 11) is 0. The Morgan fingerprint density at radius 3 is 2.61 bits per heavy atom. The summed E-state index contributed by atoms with van der Waals surface area (Å²) < 4.78 is 1.04. The van der Waals surface area contributed by atoms with Gasteiger partial charge >= 0.3 is 0 Å². The van der Waals surface area contributed by atoms with Crippen LogP contribution in [0.4, 0.5) is 0 Å². The molecule has 0 spiro atoms. The molecule has 1 aliphatic heterocycles. The maximum absolute atomic E-state index is 12.6. The smallest absolute Gasteiger partial charge is 0.232 e. The zero-order chi connectivity index (χ0) is 19.7. The van der Waals surface area contributed by atoms with Gasteiger partial charge in [-0.1, -0.05) is 48.5 Å². The first-order valence-corrected chi connectivity index (χ1v) is 11.4. The van der Waals surface area contributed by atoms with Crippen molar-refractivity contribution >= 4 is 39.2 Å². The van der Waals surface area contributed by atoms with Crippen LogP contribution in [0.25, 0.3) is 21.5 Å². The number of carbonyl (C=O) groups is 1. The maximum atomic E-state index is 12.6. The molecule has 28 heavy (non-hydrogen) atoms. The number of likely N-dealkylation sites (tertiary alicyclic amines) is 1. The molecule has 0 unspecified atom stereocenters. The first-order valence-electron chi connectivity index (χ1n) is 9.62. The van der Waals surface area contributed by atoms with E-state index in [0.717, 1.165) is 63.4 Å². The van der Waals surface area contributed by atoms with Crippen molar-refractivity contribution in [3.63, 3.8) is 0 Å². The van der Waals surface area contributed by atoms with Crippen LogP contribution in [-0.4, -0.2) is 44.8 Å². The number of carbonyl (C=O) groups excluding carboxylic acids is 1. The molecule has 2 aromatic heterocycles. The Bertz CT molecular complexity index is 992. The van der Waals surface area contributed by atoms with Crippen molar-refractivity contribution in [2.24, 2.45) is 5.92 Å². The highest BCUT2D eigenvalue weighted by atomic mass is 32.2. The van der Waals surface area contributed by atoms with Gasteiger partial charge in [-0.3, -0.25) is 4.79 Å². The van der Waals surface area contributed by atoms with Gasteiger partial charge in [0.05, 0.1) is 15.5 Å². The van der Waals surface area contributed by atoms with Crippen molar-refractivity contribution in [1.82, 2.24) is 20.1 Å². The van der Waals surface area contributed by atoms with E-state index < -0.39 is 0 Å². The summed E-state index contributed by atoms with van der Waals surface area (Å²) in [5, 5.41) is 10.7. The second-order valence-corrected chi connectivity index (χ2v) is 9.65. The molecule has 0 bridgehead atoms. The number of piperidine rings is 1. The van der Waals surface area contributed by atoms with Gasteiger partial charge in [0.1, 0.15) is 16.2 Å². The van der Waals surface area contributed by atoms with E-state index in [1.54, 1.807) is 11.3 Å². The van der Waals surface area contributed by atoms with Gasteiger partial charge in [-0.25, -0.2) is 4.98 Å². The van der Waals surface area contributed by atoms with Crippen molar-refractivity contribution in [2.45, 2.75) is 38.6 Å². The Labute approximate surface area is 173 Å². The number of aromatic nitrogens is 3. The highest BCUT2D eigenvalue weighted by Gasteiger charge is 2.22. The number of aryl methyl sites for hydroxylation is 2. The summed E-state index contributed by atoms with van der Waals surface area (Å²) in [6, 6.07) is 8.30. The minimum atomic E-state index is 0.182. The summed E-state index contributed by atoms with van der Waals surface area (Å²) in [5.74, 6) is 1.29. The predicted molar refractivity (Wildman–Crippen MR) is 116 cm³/mol. The van der Waals surface area contributed by atoms with E-state index in [9.17, 15) is 4.79 Å². The zero-order valence-corrected chi connectivity index (χ0v) is 18.1. The highest BCUT2D eigenvalue weighted by molar-refractivity contribution is 8.00. The summed E-state index contributed by atoms with van der Waals surface area (Å²) in [5.41, 5.74) is 3.98. The Morgan fingerprint density at radius 2 is 1.89 bits per heavy atom. The Hall–Kier alpha value is -1.99. The number of hydrogen-bond donors (Lipinski definition) is 0. The number of rotatable bonds is 4. The van der Waals surface area contributed by atoms with Gasteiger partial charge in [0.25, 0.3) is 0 Å². The summed E-state index contributed by atoms with van der Waals surface area (Å²) >= 11 is 3.08. The van der Waals surface area contributed by atoms with Crippen molar-refractivity contribution in [3.05, 3.63) is 34.8 Å². The second-order valence-electron chi connectivity index (χ2n) is 7.48. The van der Waals surface area contributed by atoms with Gasteiger partial charge in [-0.2, -0.15) is 0 Å². The van der Waals surface area contributed by atoms with Crippen molar-refractivity contribution in [2.75, 3.05) is 18.8 Å². The number of nitrogens with zero attached hydrogens (tertiary/aromatic N) is 4. The molecule has 1 aromatic carbocycles.